The molecule has 1 aromatic carbocycles. The van der Waals surface area contributed by atoms with E-state index in [1.54, 1.807) is 29.2 Å². The van der Waals surface area contributed by atoms with E-state index >= 15 is 0 Å². The van der Waals surface area contributed by atoms with Crippen LogP contribution in [-0.4, -0.2) is 35.9 Å². The number of ether oxygens (including phenoxy) is 1. The smallest absolute Gasteiger partial charge is 0.201 e. The third-order valence-corrected chi connectivity index (χ3v) is 8.57. The number of fused-ring (bicyclic) bond motifs is 1. The molecule has 0 aliphatic rings. The van der Waals surface area contributed by atoms with Gasteiger partial charge in [0.15, 0.2) is 0 Å². The molecule has 0 bridgehead atoms. The largest absolute Gasteiger partial charge is 0.492 e. The van der Waals surface area contributed by atoms with Crippen LogP contribution in [0.3, 0.4) is 0 Å². The molecule has 6 nitrogen and oxygen atoms in total. The minimum absolute atomic E-state index is 0.0571. The zero-order valence-corrected chi connectivity index (χ0v) is 23.1. The monoisotopic (exact) mass is 578 g/mol. The first-order valence-corrected chi connectivity index (χ1v) is 14.8. The number of thiazole rings is 1. The number of hydrogen-bond donors (Lipinski definition) is 3. The minimum atomic E-state index is 0.0571. The molecule has 4 rings (SSSR count). The summed E-state index contributed by atoms with van der Waals surface area (Å²) in [6.07, 6.45) is 3.86. The lowest BCUT2D eigenvalue weighted by Crippen LogP contribution is -2.19. The molecule has 180 valence electrons. The Morgan fingerprint density at radius 3 is 2.91 bits per heavy atom. The first kappa shape index (κ1) is 25.2. The van der Waals surface area contributed by atoms with Crippen LogP contribution >= 0.6 is 50.4 Å². The van der Waals surface area contributed by atoms with Gasteiger partial charge in [-0.15, -0.1) is 34.4 Å². The van der Waals surface area contributed by atoms with Crippen molar-refractivity contribution >= 4 is 66.4 Å². The fourth-order valence-corrected chi connectivity index (χ4v) is 6.36. The molecule has 0 amide bonds. The number of thioether (sulfide) groups is 1. The zero-order valence-electron chi connectivity index (χ0n) is 19.1. The van der Waals surface area contributed by atoms with Gasteiger partial charge in [-0.2, -0.15) is 0 Å². The Balaban J connectivity index is 1.28. The first-order chi connectivity index (χ1) is 16.5. The predicted molar refractivity (Wildman–Crippen MR) is 149 cm³/mol. The van der Waals surface area contributed by atoms with E-state index in [2.05, 4.69) is 54.9 Å². The number of halogens is 1. The van der Waals surface area contributed by atoms with E-state index in [0.29, 0.717) is 6.61 Å². The second-order valence-corrected chi connectivity index (χ2v) is 11.3. The fourth-order valence-electron chi connectivity index (χ4n) is 3.58. The first-order valence-electron chi connectivity index (χ1n) is 11.0. The van der Waals surface area contributed by atoms with Crippen LogP contribution in [0.25, 0.3) is 10.2 Å². The molecule has 3 aromatic heterocycles. The summed E-state index contributed by atoms with van der Waals surface area (Å²) in [6, 6.07) is 7.87. The second kappa shape index (κ2) is 12.2. The van der Waals surface area contributed by atoms with Gasteiger partial charge in [0.2, 0.25) is 5.43 Å². The highest BCUT2D eigenvalue weighted by Crippen LogP contribution is 2.34. The average Bonchev–Trinajstić information content (AvgIpc) is 3.46. The molecular weight excluding hydrogens is 552 g/mol. The van der Waals surface area contributed by atoms with E-state index in [-0.39, 0.29) is 5.43 Å². The SMILES string of the molecule is CSc1cc(Br)c(OCCc2scnc2C)c(CNCCCNc2cc(=O)c3sccc3[nH]2)c1. The van der Waals surface area contributed by atoms with Crippen molar-refractivity contribution in [2.75, 3.05) is 31.3 Å². The highest BCUT2D eigenvalue weighted by atomic mass is 79.9. The van der Waals surface area contributed by atoms with Crippen LogP contribution in [0.15, 0.2) is 49.3 Å². The molecule has 34 heavy (non-hydrogen) atoms. The summed E-state index contributed by atoms with van der Waals surface area (Å²) < 4.78 is 7.96. The number of aryl methyl sites for hydroxylation is 1. The topological polar surface area (TPSA) is 79.0 Å². The van der Waals surface area contributed by atoms with Crippen molar-refractivity contribution in [3.8, 4) is 5.75 Å². The normalized spacial score (nSPS) is 11.3. The van der Waals surface area contributed by atoms with Crippen LogP contribution in [0.2, 0.25) is 0 Å². The van der Waals surface area contributed by atoms with Crippen molar-refractivity contribution < 1.29 is 4.74 Å². The maximum absolute atomic E-state index is 12.1. The van der Waals surface area contributed by atoms with E-state index in [4.69, 9.17) is 4.74 Å². The van der Waals surface area contributed by atoms with Crippen LogP contribution in [0.5, 0.6) is 5.75 Å². The Labute approximate surface area is 219 Å². The standard InChI is InChI=1S/C24H27BrN4O2S3/c1-15-21(34-14-28-15)4-8-31-23-16(10-17(32-2)11-18(23)25)13-26-6-3-7-27-22-12-20(30)24-19(29-22)5-9-33-24/h5,9-12,14,26H,3-4,6-8,13H2,1-2H3,(H2,27,29,30). The maximum Gasteiger partial charge on any atom is 0.201 e. The van der Waals surface area contributed by atoms with Crippen LogP contribution < -0.4 is 20.8 Å². The fraction of sp³-hybridized carbons (Fsp3) is 0.333. The lowest BCUT2D eigenvalue weighted by Gasteiger charge is -2.16. The van der Waals surface area contributed by atoms with Crippen molar-refractivity contribution in [2.45, 2.75) is 31.2 Å². The van der Waals surface area contributed by atoms with E-state index in [1.807, 2.05) is 23.9 Å². The van der Waals surface area contributed by atoms with Crippen molar-refractivity contribution in [3.05, 3.63) is 66.0 Å². The molecule has 0 radical (unpaired) electrons. The third-order valence-electron chi connectivity index (χ3n) is 5.35. The quantitative estimate of drug-likeness (QED) is 0.140. The van der Waals surface area contributed by atoms with Gasteiger partial charge >= 0.3 is 0 Å². The Bertz CT molecular complexity index is 1300. The molecule has 0 aliphatic heterocycles. The molecule has 4 aromatic rings. The van der Waals surface area contributed by atoms with E-state index < -0.39 is 0 Å². The van der Waals surface area contributed by atoms with E-state index in [0.717, 1.165) is 70.0 Å². The van der Waals surface area contributed by atoms with Crippen LogP contribution in [0.4, 0.5) is 5.82 Å². The van der Waals surface area contributed by atoms with Gasteiger partial charge in [-0.25, -0.2) is 4.98 Å². The number of pyridine rings is 1. The number of aromatic nitrogens is 2. The average molecular weight is 580 g/mol. The Morgan fingerprint density at radius 2 is 2.12 bits per heavy atom. The number of thiophene rings is 1. The molecule has 0 fully saturated rings. The molecule has 0 unspecified atom stereocenters. The third kappa shape index (κ3) is 6.42. The molecule has 3 heterocycles. The van der Waals surface area contributed by atoms with Gasteiger partial charge in [0.05, 0.1) is 32.5 Å². The zero-order chi connectivity index (χ0) is 23.9. The van der Waals surface area contributed by atoms with Gasteiger partial charge < -0.3 is 20.4 Å². The van der Waals surface area contributed by atoms with Crippen molar-refractivity contribution in [2.24, 2.45) is 0 Å². The number of H-pyrrole nitrogens is 1. The van der Waals surface area contributed by atoms with Crippen molar-refractivity contribution in [1.82, 2.24) is 15.3 Å². The van der Waals surface area contributed by atoms with Gasteiger partial charge in [0, 0.05) is 40.9 Å². The highest BCUT2D eigenvalue weighted by Gasteiger charge is 2.12. The number of nitrogens with one attached hydrogen (secondary N) is 3. The maximum atomic E-state index is 12.1. The Kier molecular flexibility index (Phi) is 9.07. The predicted octanol–water partition coefficient (Wildman–Crippen LogP) is 6.05. The molecular formula is C24H27BrN4O2S3. The van der Waals surface area contributed by atoms with Crippen LogP contribution in [0, 0.1) is 6.92 Å². The Morgan fingerprint density at radius 1 is 1.24 bits per heavy atom. The van der Waals surface area contributed by atoms with Crippen LogP contribution in [-0.2, 0) is 13.0 Å². The highest BCUT2D eigenvalue weighted by molar-refractivity contribution is 9.10. The summed E-state index contributed by atoms with van der Waals surface area (Å²) in [7, 11) is 0. The van der Waals surface area contributed by atoms with Gasteiger partial charge in [-0.1, -0.05) is 0 Å². The van der Waals surface area contributed by atoms with Gasteiger partial charge in [0.1, 0.15) is 11.6 Å². The summed E-state index contributed by atoms with van der Waals surface area (Å²) in [4.78, 5) is 22.2. The number of rotatable bonds is 12. The lowest BCUT2D eigenvalue weighted by atomic mass is 10.2. The molecule has 0 spiro atoms. The molecule has 0 saturated carbocycles. The number of hydrogen-bond acceptors (Lipinski definition) is 8. The summed E-state index contributed by atoms with van der Waals surface area (Å²) in [5.74, 6) is 1.66. The van der Waals surface area contributed by atoms with Crippen molar-refractivity contribution in [1.29, 1.82) is 0 Å². The lowest BCUT2D eigenvalue weighted by molar-refractivity contribution is 0.316. The number of aromatic amines is 1. The van der Waals surface area contributed by atoms with E-state index in [9.17, 15) is 4.79 Å². The van der Waals surface area contributed by atoms with Gasteiger partial charge in [-0.05, 0) is 65.7 Å². The molecule has 3 N–H and O–H groups in total. The Hall–Kier alpha value is -1.85. The second-order valence-electron chi connectivity index (χ2n) is 7.72. The molecule has 0 saturated heterocycles. The number of anilines is 1. The van der Waals surface area contributed by atoms with E-state index in [1.165, 1.54) is 21.1 Å². The molecule has 10 heteroatoms. The summed E-state index contributed by atoms with van der Waals surface area (Å²) >= 11 is 8.56. The summed E-state index contributed by atoms with van der Waals surface area (Å²) in [6.45, 7) is 4.99. The summed E-state index contributed by atoms with van der Waals surface area (Å²) in [5, 5.41) is 8.78. The molecule has 0 atom stereocenters. The van der Waals surface area contributed by atoms with Gasteiger partial charge in [-0.3, -0.25) is 4.79 Å². The van der Waals surface area contributed by atoms with Gasteiger partial charge in [0.25, 0.3) is 0 Å². The minimum Gasteiger partial charge on any atom is -0.492 e. The number of benzene rings is 1. The number of nitrogens with zero attached hydrogens (tertiary/aromatic N) is 1. The van der Waals surface area contributed by atoms with Crippen molar-refractivity contribution in [3.63, 3.8) is 0 Å². The van der Waals surface area contributed by atoms with Crippen LogP contribution in [0.1, 0.15) is 22.6 Å². The summed E-state index contributed by atoms with van der Waals surface area (Å²) in [5.41, 5.74) is 5.05. The molecule has 0 aliphatic carbocycles.